The number of carbonyl (C=O) groups is 1. The van der Waals surface area contributed by atoms with Gasteiger partial charge >= 0.3 is 6.03 Å². The monoisotopic (exact) mass is 336 g/mol. The standard InChI is InChI=1S/C15H16N2O7/c16-15(22)17-3-7-5(2-9-14(11(7)19)24-4-23-9)6-1-8(18)12(20)13(21)10(6)17/h1-2,8,10,12-13,18-21H,3-4H2,(H2,16,22)/t8-,10+,12+,13-/m0/s1. The Balaban J connectivity index is 1.95. The van der Waals surface area contributed by atoms with Crippen molar-refractivity contribution in [2.45, 2.75) is 30.9 Å². The molecule has 128 valence electrons. The van der Waals surface area contributed by atoms with Crippen molar-refractivity contribution >= 4 is 11.6 Å². The zero-order chi connectivity index (χ0) is 17.2. The Morgan fingerprint density at radius 2 is 2.00 bits per heavy atom. The normalized spacial score (nSPS) is 30.5. The Morgan fingerprint density at radius 1 is 1.25 bits per heavy atom. The van der Waals surface area contributed by atoms with Crippen molar-refractivity contribution in [2.75, 3.05) is 6.79 Å². The summed E-state index contributed by atoms with van der Waals surface area (Å²) in [6.45, 7) is -0.118. The molecule has 1 aromatic carbocycles. The quantitative estimate of drug-likeness (QED) is 0.403. The number of phenols is 1. The number of nitrogens with zero attached hydrogens (tertiary/aromatic N) is 1. The molecule has 0 bridgehead atoms. The zero-order valence-corrected chi connectivity index (χ0v) is 12.4. The summed E-state index contributed by atoms with van der Waals surface area (Å²) in [6.07, 6.45) is -2.85. The molecule has 9 nitrogen and oxygen atoms in total. The van der Waals surface area contributed by atoms with Gasteiger partial charge in [-0.05, 0) is 23.3 Å². The first-order chi connectivity index (χ1) is 11.4. The third-order valence-corrected chi connectivity index (χ3v) is 4.69. The number of aliphatic hydroxyl groups is 3. The van der Waals surface area contributed by atoms with E-state index in [0.717, 1.165) is 4.90 Å². The maximum atomic E-state index is 11.8. The van der Waals surface area contributed by atoms with Crippen LogP contribution < -0.4 is 15.2 Å². The lowest BCUT2D eigenvalue weighted by molar-refractivity contribution is -0.0687. The van der Waals surface area contributed by atoms with E-state index < -0.39 is 30.4 Å². The van der Waals surface area contributed by atoms with Gasteiger partial charge in [-0.25, -0.2) is 4.79 Å². The van der Waals surface area contributed by atoms with Gasteiger partial charge in [-0.3, -0.25) is 0 Å². The van der Waals surface area contributed by atoms with E-state index in [0.29, 0.717) is 22.4 Å². The molecule has 4 atom stereocenters. The van der Waals surface area contributed by atoms with Crippen LogP contribution in [0, 0.1) is 0 Å². The van der Waals surface area contributed by atoms with Gasteiger partial charge in [0.2, 0.25) is 12.5 Å². The van der Waals surface area contributed by atoms with Crippen LogP contribution in [0.4, 0.5) is 4.79 Å². The molecule has 0 saturated heterocycles. The molecule has 1 aliphatic carbocycles. The molecule has 6 N–H and O–H groups in total. The van der Waals surface area contributed by atoms with E-state index in [4.69, 9.17) is 15.2 Å². The molecule has 24 heavy (non-hydrogen) atoms. The average molecular weight is 336 g/mol. The number of hydrogen-bond donors (Lipinski definition) is 5. The number of aliphatic hydroxyl groups excluding tert-OH is 3. The molecule has 4 rings (SSSR count). The van der Waals surface area contributed by atoms with Gasteiger partial charge in [0.1, 0.15) is 18.3 Å². The molecule has 2 aliphatic heterocycles. The number of rotatable bonds is 0. The fraction of sp³-hybridized carbons (Fsp3) is 0.400. The van der Waals surface area contributed by atoms with Crippen molar-refractivity contribution < 1.29 is 34.7 Å². The molecule has 0 spiro atoms. The Bertz CT molecular complexity index is 763. The number of nitrogens with two attached hydrogens (primary N) is 1. The molecule has 2 heterocycles. The van der Waals surface area contributed by atoms with Crippen LogP contribution in [0.15, 0.2) is 12.1 Å². The number of carbonyl (C=O) groups excluding carboxylic acids is 1. The molecule has 3 aliphatic rings. The number of phenolic OH excluding ortho intramolecular Hbond substituents is 1. The van der Waals surface area contributed by atoms with Crippen molar-refractivity contribution in [1.29, 1.82) is 0 Å². The molecular formula is C15H16N2O7. The number of fused-ring (bicyclic) bond motifs is 4. The minimum atomic E-state index is -1.45. The maximum Gasteiger partial charge on any atom is 0.315 e. The molecule has 0 saturated carbocycles. The van der Waals surface area contributed by atoms with Crippen LogP contribution >= 0.6 is 0 Å². The predicted octanol–water partition coefficient (Wildman–Crippen LogP) is -1.14. The van der Waals surface area contributed by atoms with Crippen LogP contribution in [0.25, 0.3) is 5.57 Å². The number of benzene rings is 1. The minimum Gasteiger partial charge on any atom is -0.504 e. The molecule has 0 fully saturated rings. The van der Waals surface area contributed by atoms with Crippen LogP contribution in [0.2, 0.25) is 0 Å². The van der Waals surface area contributed by atoms with Gasteiger partial charge in [-0.15, -0.1) is 0 Å². The van der Waals surface area contributed by atoms with Crippen molar-refractivity contribution in [3.05, 3.63) is 23.3 Å². The Labute approximate surface area is 136 Å². The molecule has 9 heteroatoms. The number of amides is 2. The maximum absolute atomic E-state index is 11.8. The highest BCUT2D eigenvalue weighted by Gasteiger charge is 2.46. The largest absolute Gasteiger partial charge is 0.504 e. The molecule has 0 radical (unpaired) electrons. The third kappa shape index (κ3) is 1.89. The van der Waals surface area contributed by atoms with Crippen LogP contribution in [-0.2, 0) is 6.54 Å². The number of urea groups is 1. The fourth-order valence-corrected chi connectivity index (χ4v) is 3.52. The lowest BCUT2D eigenvalue weighted by Crippen LogP contribution is -2.59. The Hall–Kier alpha value is -2.49. The summed E-state index contributed by atoms with van der Waals surface area (Å²) >= 11 is 0. The van der Waals surface area contributed by atoms with E-state index in [1.165, 1.54) is 6.08 Å². The van der Waals surface area contributed by atoms with E-state index in [1.54, 1.807) is 6.07 Å². The zero-order valence-electron chi connectivity index (χ0n) is 12.4. The second kappa shape index (κ2) is 5.00. The summed E-state index contributed by atoms with van der Waals surface area (Å²) in [5, 5.41) is 40.7. The topological polar surface area (TPSA) is 146 Å². The summed E-state index contributed by atoms with van der Waals surface area (Å²) < 4.78 is 10.5. The van der Waals surface area contributed by atoms with E-state index in [-0.39, 0.29) is 24.8 Å². The Kier molecular flexibility index (Phi) is 3.14. The summed E-state index contributed by atoms with van der Waals surface area (Å²) in [7, 11) is 0. The Morgan fingerprint density at radius 3 is 2.71 bits per heavy atom. The lowest BCUT2D eigenvalue weighted by Gasteiger charge is -2.44. The molecule has 2 amide bonds. The first-order valence-corrected chi connectivity index (χ1v) is 7.37. The summed E-state index contributed by atoms with van der Waals surface area (Å²) in [6, 6.07) is -0.143. The first kappa shape index (κ1) is 15.1. The van der Waals surface area contributed by atoms with E-state index in [9.17, 15) is 25.2 Å². The van der Waals surface area contributed by atoms with Crippen LogP contribution in [0.3, 0.4) is 0 Å². The van der Waals surface area contributed by atoms with E-state index >= 15 is 0 Å². The van der Waals surface area contributed by atoms with E-state index in [2.05, 4.69) is 0 Å². The van der Waals surface area contributed by atoms with Crippen molar-refractivity contribution in [2.24, 2.45) is 5.73 Å². The predicted molar refractivity (Wildman–Crippen MR) is 79.1 cm³/mol. The highest BCUT2D eigenvalue weighted by Crippen LogP contribution is 2.50. The number of aromatic hydroxyl groups is 1. The SMILES string of the molecule is NC(=O)N1Cc2c(cc3c(c2O)OCO3)C2=C[C@H](O)[C@@H](O)[C@@H](O)[C@@H]21. The van der Waals surface area contributed by atoms with Crippen molar-refractivity contribution in [3.8, 4) is 17.2 Å². The third-order valence-electron chi connectivity index (χ3n) is 4.69. The molecule has 1 aromatic rings. The number of primary amides is 1. The second-order valence-electron chi connectivity index (χ2n) is 5.99. The van der Waals surface area contributed by atoms with Gasteiger partial charge in [0.25, 0.3) is 0 Å². The van der Waals surface area contributed by atoms with Gasteiger partial charge < -0.3 is 40.5 Å². The van der Waals surface area contributed by atoms with E-state index in [1.807, 2.05) is 0 Å². The van der Waals surface area contributed by atoms with Crippen molar-refractivity contribution in [3.63, 3.8) is 0 Å². The summed E-state index contributed by atoms with van der Waals surface area (Å²) in [5.74, 6) is 0.323. The van der Waals surface area contributed by atoms with Gasteiger partial charge in [0.15, 0.2) is 11.5 Å². The summed E-state index contributed by atoms with van der Waals surface area (Å²) in [4.78, 5) is 13.0. The van der Waals surface area contributed by atoms with Crippen LogP contribution in [-0.4, -0.2) is 62.5 Å². The number of hydrogen-bond acceptors (Lipinski definition) is 7. The van der Waals surface area contributed by atoms with Crippen LogP contribution in [0.1, 0.15) is 11.1 Å². The van der Waals surface area contributed by atoms with Crippen LogP contribution in [0.5, 0.6) is 17.2 Å². The smallest absolute Gasteiger partial charge is 0.315 e. The molecular weight excluding hydrogens is 320 g/mol. The average Bonchev–Trinajstić information content (AvgIpc) is 3.01. The second-order valence-corrected chi connectivity index (χ2v) is 5.99. The van der Waals surface area contributed by atoms with Gasteiger partial charge in [0.05, 0.1) is 12.6 Å². The van der Waals surface area contributed by atoms with Gasteiger partial charge in [-0.1, -0.05) is 0 Å². The molecule has 0 unspecified atom stereocenters. The van der Waals surface area contributed by atoms with Crippen molar-refractivity contribution in [1.82, 2.24) is 4.90 Å². The summed E-state index contributed by atoms with van der Waals surface area (Å²) in [5.41, 5.74) is 6.66. The first-order valence-electron chi connectivity index (χ1n) is 7.37. The highest BCUT2D eigenvalue weighted by atomic mass is 16.7. The fourth-order valence-electron chi connectivity index (χ4n) is 3.52. The minimum absolute atomic E-state index is 0.0439. The van der Waals surface area contributed by atoms with Gasteiger partial charge in [-0.2, -0.15) is 0 Å². The lowest BCUT2D eigenvalue weighted by atomic mass is 9.78. The molecule has 0 aromatic heterocycles. The number of ether oxygens (including phenoxy) is 2. The van der Waals surface area contributed by atoms with Gasteiger partial charge in [0, 0.05) is 5.56 Å². The highest BCUT2D eigenvalue weighted by molar-refractivity contribution is 5.85.